The number of hydrogen-bond acceptors (Lipinski definition) is 4. The Kier molecular flexibility index (Phi) is 4.43. The molecule has 0 aromatic carbocycles. The minimum atomic E-state index is -1.04. The second-order valence-corrected chi connectivity index (χ2v) is 4.44. The van der Waals surface area contributed by atoms with Gasteiger partial charge in [0.05, 0.1) is 17.9 Å². The molecule has 1 amide bonds. The summed E-state index contributed by atoms with van der Waals surface area (Å²) >= 11 is 0. The van der Waals surface area contributed by atoms with Crippen LogP contribution in [-0.4, -0.2) is 32.8 Å². The van der Waals surface area contributed by atoms with Crippen molar-refractivity contribution >= 4 is 11.9 Å². The number of aryl methyl sites for hydroxylation is 1. The summed E-state index contributed by atoms with van der Waals surface area (Å²) in [4.78, 5) is 22.2. The molecule has 1 heterocycles. The summed E-state index contributed by atoms with van der Waals surface area (Å²) < 4.78 is 1.47. The van der Waals surface area contributed by atoms with Crippen LogP contribution in [0.3, 0.4) is 0 Å². The number of carboxylic acid groups (broad SMARTS) is 1. The van der Waals surface area contributed by atoms with E-state index >= 15 is 0 Å². The van der Waals surface area contributed by atoms with Crippen molar-refractivity contribution in [3.8, 4) is 0 Å². The lowest BCUT2D eigenvalue weighted by Gasteiger charge is -2.19. The molecule has 0 saturated heterocycles. The van der Waals surface area contributed by atoms with Crippen molar-refractivity contribution in [3.63, 3.8) is 0 Å². The Bertz CT molecular complexity index is 453. The minimum Gasteiger partial charge on any atom is -0.478 e. The zero-order chi connectivity index (χ0) is 13.9. The van der Waals surface area contributed by atoms with Gasteiger partial charge in [-0.1, -0.05) is 13.8 Å². The third-order valence-corrected chi connectivity index (χ3v) is 2.75. The Morgan fingerprint density at radius 3 is 2.61 bits per heavy atom. The molecule has 0 saturated carbocycles. The van der Waals surface area contributed by atoms with Gasteiger partial charge in [-0.2, -0.15) is 5.10 Å². The first-order valence-corrected chi connectivity index (χ1v) is 5.61. The van der Waals surface area contributed by atoms with Gasteiger partial charge < -0.3 is 10.8 Å². The fourth-order valence-corrected chi connectivity index (χ4v) is 1.72. The highest BCUT2D eigenvalue weighted by Crippen LogP contribution is 2.09. The molecule has 0 aliphatic rings. The van der Waals surface area contributed by atoms with Crippen LogP contribution in [0.4, 0.5) is 0 Å². The van der Waals surface area contributed by atoms with Crippen LogP contribution >= 0.6 is 0 Å². The number of rotatable bonds is 6. The Hall–Kier alpha value is -1.89. The predicted octanol–water partition coefficient (Wildman–Crippen LogP) is -0.282. The SMILES string of the molecule is CC(C)C(NCc1c(C(=O)O)cnn1C)C(N)=O. The molecular weight excluding hydrogens is 236 g/mol. The summed E-state index contributed by atoms with van der Waals surface area (Å²) in [6.45, 7) is 3.96. The van der Waals surface area contributed by atoms with Crippen LogP contribution in [0.1, 0.15) is 29.9 Å². The maximum absolute atomic E-state index is 11.2. The summed E-state index contributed by atoms with van der Waals surface area (Å²) in [6.07, 6.45) is 1.29. The molecule has 0 aliphatic heterocycles. The number of aromatic nitrogens is 2. The maximum atomic E-state index is 11.2. The largest absolute Gasteiger partial charge is 0.478 e. The smallest absolute Gasteiger partial charge is 0.339 e. The van der Waals surface area contributed by atoms with Crippen molar-refractivity contribution in [2.75, 3.05) is 0 Å². The molecule has 4 N–H and O–H groups in total. The van der Waals surface area contributed by atoms with Gasteiger partial charge in [0.25, 0.3) is 0 Å². The van der Waals surface area contributed by atoms with Crippen molar-refractivity contribution in [1.29, 1.82) is 0 Å². The van der Waals surface area contributed by atoms with Gasteiger partial charge in [0, 0.05) is 13.6 Å². The van der Waals surface area contributed by atoms with Gasteiger partial charge in [0.2, 0.25) is 5.91 Å². The van der Waals surface area contributed by atoms with Gasteiger partial charge in [-0.15, -0.1) is 0 Å². The van der Waals surface area contributed by atoms with Crippen LogP contribution in [0.2, 0.25) is 0 Å². The molecule has 0 spiro atoms. The van der Waals surface area contributed by atoms with Crippen molar-refractivity contribution in [1.82, 2.24) is 15.1 Å². The molecule has 18 heavy (non-hydrogen) atoms. The lowest BCUT2D eigenvalue weighted by molar-refractivity contribution is -0.121. The summed E-state index contributed by atoms with van der Waals surface area (Å²) in [5.41, 5.74) is 5.90. The number of carbonyl (C=O) groups excluding carboxylic acids is 1. The van der Waals surface area contributed by atoms with Crippen LogP contribution < -0.4 is 11.1 Å². The van der Waals surface area contributed by atoms with Gasteiger partial charge in [-0.05, 0) is 5.92 Å². The standard InChI is InChI=1S/C11H18N4O3/c1-6(2)9(10(12)16)13-5-8-7(11(17)18)4-14-15(8)3/h4,6,9,13H,5H2,1-3H3,(H2,12,16)(H,17,18). The minimum absolute atomic E-state index is 0.0315. The lowest BCUT2D eigenvalue weighted by Crippen LogP contribution is -2.44. The lowest BCUT2D eigenvalue weighted by atomic mass is 10.0. The topological polar surface area (TPSA) is 110 Å². The van der Waals surface area contributed by atoms with Crippen molar-refractivity contribution in [2.45, 2.75) is 26.4 Å². The first kappa shape index (κ1) is 14.2. The average Bonchev–Trinajstić information content (AvgIpc) is 2.59. The van der Waals surface area contributed by atoms with E-state index in [9.17, 15) is 9.59 Å². The molecule has 1 rings (SSSR count). The average molecular weight is 254 g/mol. The maximum Gasteiger partial charge on any atom is 0.339 e. The molecule has 0 radical (unpaired) electrons. The third kappa shape index (κ3) is 3.07. The van der Waals surface area contributed by atoms with Crippen molar-refractivity contribution in [2.24, 2.45) is 18.7 Å². The third-order valence-electron chi connectivity index (χ3n) is 2.75. The fraction of sp³-hybridized carbons (Fsp3) is 0.545. The van der Waals surface area contributed by atoms with E-state index in [4.69, 9.17) is 10.8 Å². The quantitative estimate of drug-likeness (QED) is 0.646. The Morgan fingerprint density at radius 2 is 2.17 bits per heavy atom. The van der Waals surface area contributed by atoms with Crippen molar-refractivity contribution < 1.29 is 14.7 Å². The van der Waals surface area contributed by atoms with Crippen LogP contribution in [0.25, 0.3) is 0 Å². The number of nitrogens with two attached hydrogens (primary N) is 1. The second kappa shape index (κ2) is 5.63. The summed E-state index contributed by atoms with van der Waals surface area (Å²) in [5, 5.41) is 15.8. The number of aromatic carboxylic acids is 1. The number of primary amides is 1. The van der Waals surface area contributed by atoms with Gasteiger partial charge in [-0.3, -0.25) is 14.8 Å². The zero-order valence-corrected chi connectivity index (χ0v) is 10.7. The molecule has 7 nitrogen and oxygen atoms in total. The van der Waals surface area contributed by atoms with Crippen molar-refractivity contribution in [3.05, 3.63) is 17.5 Å². The molecule has 0 aliphatic carbocycles. The van der Waals surface area contributed by atoms with Crippen LogP contribution in [0.5, 0.6) is 0 Å². The van der Waals surface area contributed by atoms with E-state index in [2.05, 4.69) is 10.4 Å². The number of hydrogen-bond donors (Lipinski definition) is 3. The van der Waals surface area contributed by atoms with E-state index in [1.165, 1.54) is 10.9 Å². The zero-order valence-electron chi connectivity index (χ0n) is 10.7. The first-order valence-electron chi connectivity index (χ1n) is 5.61. The highest BCUT2D eigenvalue weighted by molar-refractivity contribution is 5.88. The van der Waals surface area contributed by atoms with E-state index in [0.29, 0.717) is 5.69 Å². The van der Waals surface area contributed by atoms with E-state index in [1.54, 1.807) is 7.05 Å². The highest BCUT2D eigenvalue weighted by atomic mass is 16.4. The van der Waals surface area contributed by atoms with E-state index in [1.807, 2.05) is 13.8 Å². The fourth-order valence-electron chi connectivity index (χ4n) is 1.72. The predicted molar refractivity (Wildman–Crippen MR) is 64.8 cm³/mol. The van der Waals surface area contributed by atoms with E-state index in [0.717, 1.165) is 0 Å². The molecule has 1 unspecified atom stereocenters. The molecule has 1 atom stereocenters. The molecule has 1 aromatic heterocycles. The van der Waals surface area contributed by atoms with Gasteiger partial charge in [0.15, 0.2) is 0 Å². The summed E-state index contributed by atoms with van der Waals surface area (Å²) in [5.74, 6) is -1.46. The summed E-state index contributed by atoms with van der Waals surface area (Å²) in [6, 6.07) is -0.499. The Morgan fingerprint density at radius 1 is 1.56 bits per heavy atom. The summed E-state index contributed by atoms with van der Waals surface area (Å²) in [7, 11) is 1.65. The molecular formula is C11H18N4O3. The van der Waals surface area contributed by atoms with Crippen LogP contribution in [0, 0.1) is 5.92 Å². The van der Waals surface area contributed by atoms with Gasteiger partial charge in [0.1, 0.15) is 5.56 Å². The second-order valence-electron chi connectivity index (χ2n) is 4.44. The molecule has 1 aromatic rings. The van der Waals surface area contributed by atoms with Crippen LogP contribution in [-0.2, 0) is 18.4 Å². The number of nitrogens with one attached hydrogen (secondary N) is 1. The van der Waals surface area contributed by atoms with E-state index < -0.39 is 17.9 Å². The molecule has 100 valence electrons. The number of carbonyl (C=O) groups is 2. The number of nitrogens with zero attached hydrogens (tertiary/aromatic N) is 2. The highest BCUT2D eigenvalue weighted by Gasteiger charge is 2.21. The number of carboxylic acids is 1. The van der Waals surface area contributed by atoms with Gasteiger partial charge >= 0.3 is 5.97 Å². The molecule has 0 fully saturated rings. The Labute approximate surface area is 105 Å². The molecule has 0 bridgehead atoms. The first-order chi connectivity index (χ1) is 8.34. The van der Waals surface area contributed by atoms with Crippen LogP contribution in [0.15, 0.2) is 6.20 Å². The van der Waals surface area contributed by atoms with Gasteiger partial charge in [-0.25, -0.2) is 4.79 Å². The number of amides is 1. The Balaban J connectivity index is 2.82. The normalized spacial score (nSPS) is 12.7. The monoisotopic (exact) mass is 254 g/mol. The van der Waals surface area contributed by atoms with E-state index in [-0.39, 0.29) is 18.0 Å². The molecule has 7 heteroatoms.